The van der Waals surface area contributed by atoms with Crippen LogP contribution in [-0.2, 0) is 6.54 Å². The molecule has 16 heavy (non-hydrogen) atoms. The fraction of sp³-hybridized carbons (Fsp3) is 0.429. The van der Waals surface area contributed by atoms with Crippen molar-refractivity contribution in [1.82, 2.24) is 10.3 Å². The zero-order valence-electron chi connectivity index (χ0n) is 10.1. The summed E-state index contributed by atoms with van der Waals surface area (Å²) < 4.78 is 0. The van der Waals surface area contributed by atoms with Crippen molar-refractivity contribution in [2.24, 2.45) is 0 Å². The number of nitrogens with one attached hydrogen (secondary N) is 2. The van der Waals surface area contributed by atoms with Gasteiger partial charge in [-0.25, -0.2) is 0 Å². The number of fused-ring (bicyclic) bond motifs is 1. The number of benzene rings is 1. The molecular weight excluding hydrogens is 196 g/mol. The first-order valence-corrected chi connectivity index (χ1v) is 6.09. The van der Waals surface area contributed by atoms with E-state index in [0.717, 1.165) is 6.54 Å². The van der Waals surface area contributed by atoms with Gasteiger partial charge in [0.2, 0.25) is 0 Å². The highest BCUT2D eigenvalue weighted by Crippen LogP contribution is 2.16. The lowest BCUT2D eigenvalue weighted by molar-refractivity contribution is 0.509. The van der Waals surface area contributed by atoms with Crippen LogP contribution in [0.25, 0.3) is 10.9 Å². The van der Waals surface area contributed by atoms with Gasteiger partial charge in [-0.1, -0.05) is 31.5 Å². The summed E-state index contributed by atoms with van der Waals surface area (Å²) in [4.78, 5) is 3.30. The Morgan fingerprint density at radius 2 is 2.19 bits per heavy atom. The summed E-state index contributed by atoms with van der Waals surface area (Å²) in [6.45, 7) is 5.42. The molecular formula is C14H20N2. The molecule has 1 unspecified atom stereocenters. The van der Waals surface area contributed by atoms with Crippen molar-refractivity contribution < 1.29 is 0 Å². The van der Waals surface area contributed by atoms with Crippen LogP contribution in [0.15, 0.2) is 30.5 Å². The average molecular weight is 216 g/mol. The molecule has 1 heterocycles. The first-order chi connectivity index (χ1) is 7.81. The number of aromatic amines is 1. The molecule has 2 nitrogen and oxygen atoms in total. The van der Waals surface area contributed by atoms with E-state index >= 15 is 0 Å². The topological polar surface area (TPSA) is 27.8 Å². The first-order valence-electron chi connectivity index (χ1n) is 6.09. The SMILES string of the molecule is CCCC(C)NCc1cccc2cc[nH]c12. The maximum atomic E-state index is 3.56. The minimum Gasteiger partial charge on any atom is -0.361 e. The summed E-state index contributed by atoms with van der Waals surface area (Å²) >= 11 is 0. The molecule has 1 atom stereocenters. The molecule has 1 aromatic carbocycles. The maximum absolute atomic E-state index is 3.56. The van der Waals surface area contributed by atoms with E-state index in [-0.39, 0.29) is 0 Å². The van der Waals surface area contributed by atoms with Gasteiger partial charge < -0.3 is 10.3 Å². The molecule has 0 aliphatic rings. The van der Waals surface area contributed by atoms with Gasteiger partial charge in [0.15, 0.2) is 0 Å². The lowest BCUT2D eigenvalue weighted by Gasteiger charge is -2.13. The zero-order valence-corrected chi connectivity index (χ0v) is 10.1. The van der Waals surface area contributed by atoms with E-state index in [1.807, 2.05) is 6.20 Å². The van der Waals surface area contributed by atoms with Crippen LogP contribution in [0.1, 0.15) is 32.3 Å². The van der Waals surface area contributed by atoms with E-state index < -0.39 is 0 Å². The van der Waals surface area contributed by atoms with Gasteiger partial charge in [0.05, 0.1) is 0 Å². The van der Waals surface area contributed by atoms with E-state index in [1.54, 1.807) is 0 Å². The van der Waals surface area contributed by atoms with Crippen molar-refractivity contribution in [1.29, 1.82) is 0 Å². The number of para-hydroxylation sites is 1. The largest absolute Gasteiger partial charge is 0.361 e. The van der Waals surface area contributed by atoms with E-state index in [4.69, 9.17) is 0 Å². The van der Waals surface area contributed by atoms with Gasteiger partial charge in [-0.2, -0.15) is 0 Å². The molecule has 0 saturated heterocycles. The lowest BCUT2D eigenvalue weighted by Crippen LogP contribution is -2.25. The van der Waals surface area contributed by atoms with Crippen molar-refractivity contribution in [3.8, 4) is 0 Å². The number of hydrogen-bond acceptors (Lipinski definition) is 1. The second kappa shape index (κ2) is 5.17. The van der Waals surface area contributed by atoms with Crippen LogP contribution in [0.4, 0.5) is 0 Å². The number of rotatable bonds is 5. The van der Waals surface area contributed by atoms with Crippen molar-refractivity contribution in [2.45, 2.75) is 39.3 Å². The van der Waals surface area contributed by atoms with Crippen LogP contribution in [0.5, 0.6) is 0 Å². The zero-order chi connectivity index (χ0) is 11.4. The molecule has 0 fully saturated rings. The molecule has 0 radical (unpaired) electrons. The summed E-state index contributed by atoms with van der Waals surface area (Å²) in [5.41, 5.74) is 2.61. The monoisotopic (exact) mass is 216 g/mol. The summed E-state index contributed by atoms with van der Waals surface area (Å²) in [6, 6.07) is 9.16. The second-order valence-corrected chi connectivity index (χ2v) is 4.43. The lowest BCUT2D eigenvalue weighted by atomic mass is 10.1. The number of hydrogen-bond donors (Lipinski definition) is 2. The highest BCUT2D eigenvalue weighted by atomic mass is 14.9. The van der Waals surface area contributed by atoms with Crippen LogP contribution in [0.3, 0.4) is 0 Å². The molecule has 0 aliphatic carbocycles. The summed E-state index contributed by atoms with van der Waals surface area (Å²) in [5, 5.41) is 4.86. The van der Waals surface area contributed by atoms with Gasteiger partial charge in [-0.15, -0.1) is 0 Å². The highest BCUT2D eigenvalue weighted by Gasteiger charge is 2.03. The molecule has 0 amide bonds. The fourth-order valence-corrected chi connectivity index (χ4v) is 2.12. The Morgan fingerprint density at radius 3 is 3.00 bits per heavy atom. The minimum atomic E-state index is 0.593. The van der Waals surface area contributed by atoms with Gasteiger partial charge in [0, 0.05) is 24.3 Å². The molecule has 0 bridgehead atoms. The van der Waals surface area contributed by atoms with Crippen molar-refractivity contribution in [3.05, 3.63) is 36.0 Å². The van der Waals surface area contributed by atoms with Crippen LogP contribution in [0, 0.1) is 0 Å². The second-order valence-electron chi connectivity index (χ2n) is 4.43. The van der Waals surface area contributed by atoms with Crippen LogP contribution >= 0.6 is 0 Å². The van der Waals surface area contributed by atoms with Gasteiger partial charge >= 0.3 is 0 Å². The molecule has 2 rings (SSSR count). The Morgan fingerprint density at radius 1 is 1.31 bits per heavy atom. The van der Waals surface area contributed by atoms with Crippen LogP contribution in [-0.4, -0.2) is 11.0 Å². The van der Waals surface area contributed by atoms with Crippen molar-refractivity contribution in [3.63, 3.8) is 0 Å². The first kappa shape index (κ1) is 11.2. The summed E-state index contributed by atoms with van der Waals surface area (Å²) in [5.74, 6) is 0. The Hall–Kier alpha value is -1.28. The standard InChI is InChI=1S/C14H20N2/c1-3-5-11(2)16-10-13-7-4-6-12-8-9-15-14(12)13/h4,6-9,11,15-16H,3,5,10H2,1-2H3. The minimum absolute atomic E-state index is 0.593. The predicted octanol–water partition coefficient (Wildman–Crippen LogP) is 3.45. The van der Waals surface area contributed by atoms with Gasteiger partial charge in [-0.3, -0.25) is 0 Å². The summed E-state index contributed by atoms with van der Waals surface area (Å²) in [7, 11) is 0. The molecule has 86 valence electrons. The molecule has 0 aliphatic heterocycles. The molecule has 1 aromatic heterocycles. The van der Waals surface area contributed by atoms with Crippen LogP contribution in [0.2, 0.25) is 0 Å². The van der Waals surface area contributed by atoms with Gasteiger partial charge in [0.25, 0.3) is 0 Å². The summed E-state index contributed by atoms with van der Waals surface area (Å²) in [6.07, 6.45) is 4.48. The van der Waals surface area contributed by atoms with E-state index in [0.29, 0.717) is 6.04 Å². The Balaban J connectivity index is 2.06. The number of aromatic nitrogens is 1. The third-order valence-corrected chi connectivity index (χ3v) is 3.04. The smallest absolute Gasteiger partial charge is 0.0499 e. The Bertz CT molecular complexity index is 445. The molecule has 2 N–H and O–H groups in total. The van der Waals surface area contributed by atoms with E-state index in [9.17, 15) is 0 Å². The molecule has 0 spiro atoms. The third-order valence-electron chi connectivity index (χ3n) is 3.04. The van der Waals surface area contributed by atoms with Crippen molar-refractivity contribution >= 4 is 10.9 Å². The normalized spacial score (nSPS) is 13.1. The average Bonchev–Trinajstić information content (AvgIpc) is 2.75. The third kappa shape index (κ3) is 2.45. The number of H-pyrrole nitrogens is 1. The van der Waals surface area contributed by atoms with E-state index in [1.165, 1.54) is 29.3 Å². The van der Waals surface area contributed by atoms with E-state index in [2.05, 4.69) is 48.4 Å². The predicted molar refractivity (Wildman–Crippen MR) is 69.5 cm³/mol. The molecule has 0 saturated carbocycles. The maximum Gasteiger partial charge on any atom is 0.0499 e. The molecule has 2 heteroatoms. The highest BCUT2D eigenvalue weighted by molar-refractivity contribution is 5.82. The Kier molecular flexibility index (Phi) is 3.62. The van der Waals surface area contributed by atoms with Crippen LogP contribution < -0.4 is 5.32 Å². The van der Waals surface area contributed by atoms with Crippen molar-refractivity contribution in [2.75, 3.05) is 0 Å². The van der Waals surface area contributed by atoms with Gasteiger partial charge in [0.1, 0.15) is 0 Å². The fourth-order valence-electron chi connectivity index (χ4n) is 2.12. The van der Waals surface area contributed by atoms with Gasteiger partial charge in [-0.05, 0) is 30.4 Å². The Labute approximate surface area is 97.1 Å². The molecule has 2 aromatic rings. The quantitative estimate of drug-likeness (QED) is 0.787.